The fourth-order valence-electron chi connectivity index (χ4n) is 4.39. The van der Waals surface area contributed by atoms with Crippen LogP contribution in [-0.4, -0.2) is 79.2 Å². The van der Waals surface area contributed by atoms with E-state index >= 15 is 0 Å². The van der Waals surface area contributed by atoms with E-state index in [1.54, 1.807) is 7.11 Å². The molecule has 0 aromatic carbocycles. The Balaban J connectivity index is 1.81. The lowest BCUT2D eigenvalue weighted by Crippen LogP contribution is -2.69. The van der Waals surface area contributed by atoms with Crippen LogP contribution in [0.4, 0.5) is 5.69 Å². The normalized spacial score (nSPS) is 21.4. The number of piperidine rings is 1. The molecule has 0 N–H and O–H groups in total. The largest absolute Gasteiger partial charge is 0.383 e. The highest BCUT2D eigenvalue weighted by Crippen LogP contribution is 2.36. The summed E-state index contributed by atoms with van der Waals surface area (Å²) >= 11 is 0. The minimum atomic E-state index is -0.378. The van der Waals surface area contributed by atoms with Gasteiger partial charge < -0.3 is 14.5 Å². The molecule has 0 bridgehead atoms. The second-order valence-corrected chi connectivity index (χ2v) is 8.32. The molecule has 1 aromatic rings. The molecule has 3 heterocycles. The Morgan fingerprint density at radius 3 is 2.52 bits per heavy atom. The standard InChI is InChI=1S/C21H34N4O2/c1-17(2)16-24-11-12-25(19-6-5-18(3)22-15-19)20(26)21(24)7-9-23(10-8-21)13-14-27-4/h5-6,15,17H,7-14,16H2,1-4H3. The Hall–Kier alpha value is -1.50. The van der Waals surface area contributed by atoms with Crippen molar-refractivity contribution >= 4 is 11.6 Å². The number of hydrogen-bond acceptors (Lipinski definition) is 5. The average Bonchev–Trinajstić information content (AvgIpc) is 2.66. The van der Waals surface area contributed by atoms with Gasteiger partial charge in [-0.15, -0.1) is 0 Å². The van der Waals surface area contributed by atoms with Gasteiger partial charge >= 0.3 is 0 Å². The molecule has 27 heavy (non-hydrogen) atoms. The number of carbonyl (C=O) groups excluding carboxylic acids is 1. The molecule has 0 unspecified atom stereocenters. The molecular formula is C21H34N4O2. The quantitative estimate of drug-likeness (QED) is 0.764. The third-order valence-corrected chi connectivity index (χ3v) is 5.93. The third-order valence-electron chi connectivity index (χ3n) is 5.93. The van der Waals surface area contributed by atoms with Crippen LogP contribution < -0.4 is 4.90 Å². The zero-order valence-corrected chi connectivity index (χ0v) is 17.3. The lowest BCUT2D eigenvalue weighted by atomic mass is 9.81. The summed E-state index contributed by atoms with van der Waals surface area (Å²) in [7, 11) is 1.74. The number of aryl methyl sites for hydroxylation is 1. The van der Waals surface area contributed by atoms with E-state index in [0.717, 1.165) is 70.1 Å². The van der Waals surface area contributed by atoms with Gasteiger partial charge in [0.1, 0.15) is 5.54 Å². The topological polar surface area (TPSA) is 48.9 Å². The van der Waals surface area contributed by atoms with Gasteiger partial charge in [0.25, 0.3) is 0 Å². The maximum atomic E-state index is 13.7. The van der Waals surface area contributed by atoms with Crippen molar-refractivity contribution in [3.05, 3.63) is 24.0 Å². The summed E-state index contributed by atoms with van der Waals surface area (Å²) in [5.41, 5.74) is 1.53. The molecule has 150 valence electrons. The van der Waals surface area contributed by atoms with Crippen molar-refractivity contribution < 1.29 is 9.53 Å². The van der Waals surface area contributed by atoms with Crippen LogP contribution in [0.1, 0.15) is 32.4 Å². The molecule has 1 spiro atoms. The summed E-state index contributed by atoms with van der Waals surface area (Å²) in [5.74, 6) is 0.806. The van der Waals surface area contributed by atoms with E-state index in [9.17, 15) is 4.79 Å². The number of pyridine rings is 1. The minimum absolute atomic E-state index is 0.256. The van der Waals surface area contributed by atoms with E-state index in [2.05, 4.69) is 28.6 Å². The van der Waals surface area contributed by atoms with Crippen LogP contribution in [0.25, 0.3) is 0 Å². The lowest BCUT2D eigenvalue weighted by molar-refractivity contribution is -0.138. The summed E-state index contributed by atoms with van der Waals surface area (Å²) in [6, 6.07) is 4.02. The lowest BCUT2D eigenvalue weighted by Gasteiger charge is -2.53. The summed E-state index contributed by atoms with van der Waals surface area (Å²) in [5, 5.41) is 0. The Morgan fingerprint density at radius 1 is 1.19 bits per heavy atom. The van der Waals surface area contributed by atoms with Gasteiger partial charge in [-0.1, -0.05) is 13.8 Å². The molecule has 1 aromatic heterocycles. The number of methoxy groups -OCH3 is 1. The predicted molar refractivity (Wildman–Crippen MR) is 108 cm³/mol. The van der Waals surface area contributed by atoms with E-state index in [1.165, 1.54) is 0 Å². The van der Waals surface area contributed by atoms with Crippen LogP contribution in [0, 0.1) is 12.8 Å². The fourth-order valence-corrected chi connectivity index (χ4v) is 4.39. The number of carbonyl (C=O) groups is 1. The molecular weight excluding hydrogens is 340 g/mol. The first-order valence-electron chi connectivity index (χ1n) is 10.2. The Bertz CT molecular complexity index is 624. The number of ether oxygens (including phenoxy) is 1. The first-order valence-corrected chi connectivity index (χ1v) is 10.2. The van der Waals surface area contributed by atoms with Crippen molar-refractivity contribution in [2.75, 3.05) is 57.9 Å². The maximum absolute atomic E-state index is 13.7. The molecule has 6 nitrogen and oxygen atoms in total. The highest BCUT2D eigenvalue weighted by atomic mass is 16.5. The molecule has 3 rings (SSSR count). The molecule has 0 aliphatic carbocycles. The summed E-state index contributed by atoms with van der Waals surface area (Å²) in [6.07, 6.45) is 3.61. The van der Waals surface area contributed by atoms with E-state index in [1.807, 2.05) is 30.2 Å². The number of likely N-dealkylation sites (tertiary alicyclic amines) is 1. The molecule has 2 aliphatic rings. The first kappa shape index (κ1) is 20.2. The molecule has 2 fully saturated rings. The number of aromatic nitrogens is 1. The smallest absolute Gasteiger partial charge is 0.247 e. The molecule has 0 saturated carbocycles. The van der Waals surface area contributed by atoms with Gasteiger partial charge in [0, 0.05) is 52.1 Å². The predicted octanol–water partition coefficient (Wildman–Crippen LogP) is 2.18. The van der Waals surface area contributed by atoms with Crippen LogP contribution >= 0.6 is 0 Å². The van der Waals surface area contributed by atoms with Gasteiger partial charge in [0.2, 0.25) is 5.91 Å². The monoisotopic (exact) mass is 374 g/mol. The SMILES string of the molecule is COCCN1CCC2(CC1)C(=O)N(c1ccc(C)nc1)CCN2CC(C)C. The first-order chi connectivity index (χ1) is 13.0. The fraction of sp³-hybridized carbons (Fsp3) is 0.714. The highest BCUT2D eigenvalue weighted by Gasteiger charge is 2.50. The van der Waals surface area contributed by atoms with Gasteiger partial charge in [-0.05, 0) is 37.8 Å². The number of amides is 1. The molecule has 1 amide bonds. The highest BCUT2D eigenvalue weighted by molar-refractivity contribution is 6.01. The zero-order valence-electron chi connectivity index (χ0n) is 17.3. The van der Waals surface area contributed by atoms with E-state index in [0.29, 0.717) is 5.92 Å². The molecule has 2 saturated heterocycles. The van der Waals surface area contributed by atoms with Crippen LogP contribution in [-0.2, 0) is 9.53 Å². The van der Waals surface area contributed by atoms with Gasteiger partial charge in [0.15, 0.2) is 0 Å². The number of piperazine rings is 1. The maximum Gasteiger partial charge on any atom is 0.247 e. The van der Waals surface area contributed by atoms with Gasteiger partial charge in [-0.25, -0.2) is 0 Å². The van der Waals surface area contributed by atoms with Crippen LogP contribution in [0.5, 0.6) is 0 Å². The van der Waals surface area contributed by atoms with Crippen molar-refractivity contribution in [2.45, 2.75) is 39.2 Å². The zero-order chi connectivity index (χ0) is 19.4. The number of hydrogen-bond donors (Lipinski definition) is 0. The summed E-state index contributed by atoms with van der Waals surface area (Å²) < 4.78 is 5.23. The number of nitrogens with zero attached hydrogens (tertiary/aromatic N) is 4. The number of anilines is 1. The average molecular weight is 375 g/mol. The van der Waals surface area contributed by atoms with Gasteiger partial charge in [0.05, 0.1) is 18.5 Å². The van der Waals surface area contributed by atoms with Gasteiger partial charge in [-0.2, -0.15) is 0 Å². The van der Waals surface area contributed by atoms with Crippen molar-refractivity contribution in [3.63, 3.8) is 0 Å². The van der Waals surface area contributed by atoms with Crippen molar-refractivity contribution in [3.8, 4) is 0 Å². The van der Waals surface area contributed by atoms with E-state index in [-0.39, 0.29) is 11.4 Å². The summed E-state index contributed by atoms with van der Waals surface area (Å²) in [6.45, 7) is 12.7. The molecule has 0 radical (unpaired) electrons. The van der Waals surface area contributed by atoms with Crippen molar-refractivity contribution in [2.24, 2.45) is 5.92 Å². The van der Waals surface area contributed by atoms with Crippen LogP contribution in [0.3, 0.4) is 0 Å². The Kier molecular flexibility index (Phi) is 6.50. The van der Waals surface area contributed by atoms with Crippen molar-refractivity contribution in [1.29, 1.82) is 0 Å². The number of rotatable bonds is 6. The Labute approximate surface area is 163 Å². The van der Waals surface area contributed by atoms with Crippen LogP contribution in [0.15, 0.2) is 18.3 Å². The third kappa shape index (κ3) is 4.33. The van der Waals surface area contributed by atoms with Crippen molar-refractivity contribution in [1.82, 2.24) is 14.8 Å². The molecule has 0 atom stereocenters. The molecule has 6 heteroatoms. The molecule has 2 aliphatic heterocycles. The minimum Gasteiger partial charge on any atom is -0.383 e. The van der Waals surface area contributed by atoms with Gasteiger partial charge in [-0.3, -0.25) is 14.7 Å². The van der Waals surface area contributed by atoms with E-state index < -0.39 is 0 Å². The van der Waals surface area contributed by atoms with E-state index in [4.69, 9.17) is 4.74 Å². The second-order valence-electron chi connectivity index (χ2n) is 8.32. The van der Waals surface area contributed by atoms with Crippen LogP contribution in [0.2, 0.25) is 0 Å². The summed E-state index contributed by atoms with van der Waals surface area (Å²) in [4.78, 5) is 25.0. The Morgan fingerprint density at radius 2 is 1.93 bits per heavy atom. The second kappa shape index (κ2) is 8.67.